The number of nitrogens with zero attached hydrogens (tertiary/aromatic N) is 3. The summed E-state index contributed by atoms with van der Waals surface area (Å²) in [5.74, 6) is 5.60. The minimum atomic E-state index is -1.18. The van der Waals surface area contributed by atoms with Crippen LogP contribution < -0.4 is 4.74 Å². The van der Waals surface area contributed by atoms with Gasteiger partial charge in [-0.2, -0.15) is 0 Å². The van der Waals surface area contributed by atoms with Crippen LogP contribution in [0.15, 0.2) is 12.3 Å². The Balaban J connectivity index is 1.91. The summed E-state index contributed by atoms with van der Waals surface area (Å²) in [5.41, 5.74) is -0.446. The van der Waals surface area contributed by atoms with E-state index in [-0.39, 0.29) is 47.8 Å². The summed E-state index contributed by atoms with van der Waals surface area (Å²) < 4.78 is 6.28. The number of aromatic nitrogens is 1. The van der Waals surface area contributed by atoms with Crippen LogP contribution in [0.5, 0.6) is 5.88 Å². The van der Waals surface area contributed by atoms with E-state index in [4.69, 9.17) is 4.74 Å². The van der Waals surface area contributed by atoms with Crippen LogP contribution in [-0.2, 0) is 4.79 Å². The molecule has 192 valence electrons. The van der Waals surface area contributed by atoms with Crippen molar-refractivity contribution in [3.05, 3.63) is 23.4 Å². The molecule has 1 aromatic rings. The molecule has 2 aliphatic rings. The quantitative estimate of drug-likeness (QED) is 0.621. The summed E-state index contributed by atoms with van der Waals surface area (Å²) >= 11 is 0. The molecular weight excluding hydrogens is 446 g/mol. The van der Waals surface area contributed by atoms with Crippen LogP contribution in [0.3, 0.4) is 0 Å². The molecule has 3 rings (SSSR count). The Morgan fingerprint density at radius 3 is 2.66 bits per heavy atom. The fraction of sp³-hybridized carbons (Fsp3) is 0.667. The van der Waals surface area contributed by atoms with Crippen LogP contribution in [0.25, 0.3) is 0 Å². The maximum atomic E-state index is 13.5. The van der Waals surface area contributed by atoms with E-state index in [1.165, 1.54) is 12.6 Å². The summed E-state index contributed by atoms with van der Waals surface area (Å²) in [6, 6.07) is 1.22. The summed E-state index contributed by atoms with van der Waals surface area (Å²) in [4.78, 5) is 34.3. The molecule has 0 unspecified atom stereocenters. The number of carbonyl (C=O) groups is 2. The lowest BCUT2D eigenvalue weighted by Gasteiger charge is -2.38. The summed E-state index contributed by atoms with van der Waals surface area (Å²) in [5, 5.41) is 19.7. The van der Waals surface area contributed by atoms with Crippen molar-refractivity contribution in [1.29, 1.82) is 0 Å². The van der Waals surface area contributed by atoms with Crippen LogP contribution in [0, 0.1) is 23.7 Å². The van der Waals surface area contributed by atoms with Crippen molar-refractivity contribution < 1.29 is 24.5 Å². The Morgan fingerprint density at radius 1 is 1.34 bits per heavy atom. The Labute approximate surface area is 208 Å². The summed E-state index contributed by atoms with van der Waals surface area (Å²) in [6.07, 6.45) is 6.37. The number of ether oxygens (including phenoxy) is 1. The van der Waals surface area contributed by atoms with Gasteiger partial charge in [0.1, 0.15) is 17.3 Å². The second-order valence-corrected chi connectivity index (χ2v) is 10.6. The average molecular weight is 486 g/mol. The van der Waals surface area contributed by atoms with Gasteiger partial charge < -0.3 is 24.7 Å². The number of likely N-dealkylation sites (N-methyl/N-ethyl adjacent to an activating group) is 1. The lowest BCUT2D eigenvalue weighted by atomic mass is 9.88. The van der Waals surface area contributed by atoms with Crippen LogP contribution in [0.1, 0.15) is 75.7 Å². The minimum absolute atomic E-state index is 0.0624. The second-order valence-electron chi connectivity index (χ2n) is 10.6. The van der Waals surface area contributed by atoms with E-state index in [0.29, 0.717) is 18.7 Å². The Kier molecular flexibility index (Phi) is 8.79. The van der Waals surface area contributed by atoms with Crippen molar-refractivity contribution in [3.63, 3.8) is 0 Å². The topological polar surface area (TPSA) is 103 Å². The van der Waals surface area contributed by atoms with Crippen LogP contribution in [-0.4, -0.2) is 81.3 Å². The Morgan fingerprint density at radius 2 is 2.03 bits per heavy atom. The molecule has 1 aliphatic heterocycles. The van der Waals surface area contributed by atoms with E-state index in [9.17, 15) is 19.8 Å². The second kappa shape index (κ2) is 11.4. The number of hydrogen-bond acceptors (Lipinski definition) is 6. The molecule has 0 aromatic carbocycles. The number of fused-ring (bicyclic) bond motifs is 1. The van der Waals surface area contributed by atoms with Crippen molar-refractivity contribution in [3.8, 4) is 17.7 Å². The smallest absolute Gasteiger partial charge is 0.259 e. The van der Waals surface area contributed by atoms with Gasteiger partial charge in [0.2, 0.25) is 11.8 Å². The molecule has 0 saturated heterocycles. The maximum Gasteiger partial charge on any atom is 0.259 e. The zero-order valence-electron chi connectivity index (χ0n) is 21.6. The molecule has 1 fully saturated rings. The van der Waals surface area contributed by atoms with Gasteiger partial charge >= 0.3 is 0 Å². The fourth-order valence-corrected chi connectivity index (χ4v) is 4.63. The standard InChI is InChI=1S/C27H39N3O5/c1-18-15-30(19(2)17-31)26(33)22-13-20(11-12-27(3,4)34)14-28-24(22)35-23(18)16-29(5)25(32)21-9-7-6-8-10-21/h13-14,18-19,21,23,31,34H,6-10,15-17H2,1-5H3/t18-,19-,23+/m1/s1. The molecule has 35 heavy (non-hydrogen) atoms. The zero-order valence-corrected chi connectivity index (χ0v) is 21.6. The fourth-order valence-electron chi connectivity index (χ4n) is 4.63. The van der Waals surface area contributed by atoms with Crippen LogP contribution in [0.4, 0.5) is 0 Å². The average Bonchev–Trinajstić information content (AvgIpc) is 2.84. The van der Waals surface area contributed by atoms with Gasteiger partial charge in [-0.3, -0.25) is 9.59 Å². The van der Waals surface area contributed by atoms with E-state index in [1.807, 2.05) is 14.0 Å². The molecule has 0 spiro atoms. The first-order chi connectivity index (χ1) is 16.5. The van der Waals surface area contributed by atoms with Gasteiger partial charge in [0.25, 0.3) is 5.91 Å². The summed E-state index contributed by atoms with van der Waals surface area (Å²) in [7, 11) is 1.81. The molecule has 8 nitrogen and oxygen atoms in total. The number of carbonyl (C=O) groups excluding carboxylic acids is 2. The van der Waals surface area contributed by atoms with E-state index in [0.717, 1.165) is 25.7 Å². The molecule has 3 atom stereocenters. The predicted octanol–water partition coefficient (Wildman–Crippen LogP) is 2.46. The van der Waals surface area contributed by atoms with Gasteiger partial charge in [0.05, 0.1) is 19.2 Å². The minimum Gasteiger partial charge on any atom is -0.472 e. The molecule has 2 heterocycles. The number of amides is 2. The maximum absolute atomic E-state index is 13.5. The molecule has 0 bridgehead atoms. The summed E-state index contributed by atoms with van der Waals surface area (Å²) in [6.45, 7) is 7.52. The molecule has 2 amide bonds. The molecule has 1 aromatic heterocycles. The van der Waals surface area contributed by atoms with Gasteiger partial charge in [0, 0.05) is 37.2 Å². The number of aliphatic hydroxyl groups excluding tert-OH is 1. The van der Waals surface area contributed by atoms with E-state index < -0.39 is 11.6 Å². The first kappa shape index (κ1) is 27.0. The lowest BCUT2D eigenvalue weighted by molar-refractivity contribution is -0.136. The molecule has 1 saturated carbocycles. The van der Waals surface area contributed by atoms with Crippen LogP contribution in [0.2, 0.25) is 0 Å². The van der Waals surface area contributed by atoms with Gasteiger partial charge in [-0.25, -0.2) is 4.98 Å². The van der Waals surface area contributed by atoms with Crippen molar-refractivity contribution in [2.45, 2.75) is 77.5 Å². The highest BCUT2D eigenvalue weighted by Gasteiger charge is 2.35. The zero-order chi connectivity index (χ0) is 25.8. The molecule has 8 heteroatoms. The third-order valence-electron chi connectivity index (χ3n) is 6.82. The molecule has 2 N–H and O–H groups in total. The van der Waals surface area contributed by atoms with Crippen LogP contribution >= 0.6 is 0 Å². The molecule has 1 aliphatic carbocycles. The lowest BCUT2D eigenvalue weighted by Crippen LogP contribution is -2.51. The first-order valence-electron chi connectivity index (χ1n) is 12.6. The number of hydrogen-bond donors (Lipinski definition) is 2. The highest BCUT2D eigenvalue weighted by Crippen LogP contribution is 2.29. The van der Waals surface area contributed by atoms with Crippen molar-refractivity contribution in [2.75, 3.05) is 26.7 Å². The highest BCUT2D eigenvalue weighted by atomic mass is 16.5. The van der Waals surface area contributed by atoms with Gasteiger partial charge in [-0.1, -0.05) is 38.0 Å². The van der Waals surface area contributed by atoms with E-state index in [2.05, 4.69) is 16.8 Å². The number of aliphatic hydroxyl groups is 2. The van der Waals surface area contributed by atoms with Gasteiger partial charge in [-0.15, -0.1) is 0 Å². The Bertz CT molecular complexity index is 971. The molecular formula is C27H39N3O5. The predicted molar refractivity (Wildman–Crippen MR) is 133 cm³/mol. The van der Waals surface area contributed by atoms with Gasteiger partial charge in [0.15, 0.2) is 0 Å². The number of rotatable bonds is 5. The first-order valence-corrected chi connectivity index (χ1v) is 12.6. The van der Waals surface area contributed by atoms with E-state index in [1.54, 1.807) is 36.6 Å². The van der Waals surface area contributed by atoms with Crippen molar-refractivity contribution in [1.82, 2.24) is 14.8 Å². The third-order valence-corrected chi connectivity index (χ3v) is 6.82. The van der Waals surface area contributed by atoms with Crippen molar-refractivity contribution in [2.24, 2.45) is 11.8 Å². The highest BCUT2D eigenvalue weighted by molar-refractivity contribution is 5.97. The monoisotopic (exact) mass is 485 g/mol. The largest absolute Gasteiger partial charge is 0.472 e. The SMILES string of the molecule is C[C@@H]1CN([C@H](C)CO)C(=O)c2cc(C#CC(C)(C)O)cnc2O[C@H]1CN(C)C(=O)C1CCCCC1. The Hall–Kier alpha value is -2.63. The number of pyridine rings is 1. The van der Waals surface area contributed by atoms with Crippen molar-refractivity contribution >= 4 is 11.8 Å². The normalized spacial score (nSPS) is 22.1. The van der Waals surface area contributed by atoms with E-state index >= 15 is 0 Å². The van der Waals surface area contributed by atoms with Gasteiger partial charge in [-0.05, 0) is 39.7 Å². The molecule has 0 radical (unpaired) electrons. The third kappa shape index (κ3) is 6.96.